The van der Waals surface area contributed by atoms with E-state index in [1.807, 2.05) is 6.20 Å². The molecule has 0 aliphatic heterocycles. The van der Waals surface area contributed by atoms with E-state index in [1.165, 1.54) is 18.4 Å². The SMILES string of the molecule is CC(C)CN(c1cc(CNC(C)C)ccn1)C1CC1. The second-order valence-corrected chi connectivity index (χ2v) is 6.34. The van der Waals surface area contributed by atoms with Gasteiger partial charge in [0.05, 0.1) is 0 Å². The molecule has 0 radical (unpaired) electrons. The molecule has 3 heteroatoms. The zero-order valence-electron chi connectivity index (χ0n) is 12.7. The van der Waals surface area contributed by atoms with Gasteiger partial charge in [0.15, 0.2) is 0 Å². The van der Waals surface area contributed by atoms with Gasteiger partial charge in [-0.05, 0) is 36.5 Å². The quantitative estimate of drug-likeness (QED) is 0.817. The molecular formula is C16H27N3. The molecule has 1 fully saturated rings. The van der Waals surface area contributed by atoms with Crippen molar-refractivity contribution in [1.82, 2.24) is 10.3 Å². The van der Waals surface area contributed by atoms with Gasteiger partial charge in [0, 0.05) is 31.4 Å². The summed E-state index contributed by atoms with van der Waals surface area (Å²) >= 11 is 0. The molecule has 0 amide bonds. The first-order valence-electron chi connectivity index (χ1n) is 7.51. The Morgan fingerprint density at radius 3 is 2.63 bits per heavy atom. The van der Waals surface area contributed by atoms with Gasteiger partial charge >= 0.3 is 0 Å². The number of nitrogens with one attached hydrogen (secondary N) is 1. The van der Waals surface area contributed by atoms with Gasteiger partial charge in [0.2, 0.25) is 0 Å². The van der Waals surface area contributed by atoms with E-state index in [9.17, 15) is 0 Å². The van der Waals surface area contributed by atoms with Crippen molar-refractivity contribution in [3.63, 3.8) is 0 Å². The lowest BCUT2D eigenvalue weighted by Crippen LogP contribution is -2.30. The summed E-state index contributed by atoms with van der Waals surface area (Å²) in [6, 6.07) is 5.60. The second kappa shape index (κ2) is 6.38. The van der Waals surface area contributed by atoms with Crippen molar-refractivity contribution < 1.29 is 0 Å². The molecule has 0 saturated heterocycles. The van der Waals surface area contributed by atoms with Crippen molar-refractivity contribution in [1.29, 1.82) is 0 Å². The molecule has 0 unspecified atom stereocenters. The molecule has 19 heavy (non-hydrogen) atoms. The second-order valence-electron chi connectivity index (χ2n) is 6.34. The Bertz CT molecular complexity index is 397. The Balaban J connectivity index is 2.06. The van der Waals surface area contributed by atoms with Gasteiger partial charge in [-0.2, -0.15) is 0 Å². The Labute approximate surface area is 117 Å². The van der Waals surface area contributed by atoms with Crippen molar-refractivity contribution in [3.8, 4) is 0 Å². The van der Waals surface area contributed by atoms with Gasteiger partial charge in [0.1, 0.15) is 5.82 Å². The molecule has 3 nitrogen and oxygen atoms in total. The van der Waals surface area contributed by atoms with Crippen LogP contribution in [0.15, 0.2) is 18.3 Å². The van der Waals surface area contributed by atoms with E-state index in [0.29, 0.717) is 12.0 Å². The number of hydrogen-bond donors (Lipinski definition) is 1. The maximum Gasteiger partial charge on any atom is 0.129 e. The van der Waals surface area contributed by atoms with Crippen molar-refractivity contribution in [2.24, 2.45) is 5.92 Å². The van der Waals surface area contributed by atoms with Gasteiger partial charge in [-0.3, -0.25) is 0 Å². The molecule has 1 aromatic rings. The van der Waals surface area contributed by atoms with E-state index in [-0.39, 0.29) is 0 Å². The molecule has 2 rings (SSSR count). The van der Waals surface area contributed by atoms with Gasteiger partial charge in [-0.15, -0.1) is 0 Å². The standard InChI is InChI=1S/C16H27N3/c1-12(2)11-19(15-5-6-15)16-9-14(7-8-17-16)10-18-13(3)4/h7-9,12-13,15,18H,5-6,10-11H2,1-4H3. The average Bonchev–Trinajstić information content (AvgIpc) is 3.18. The molecule has 0 spiro atoms. The number of aromatic nitrogens is 1. The van der Waals surface area contributed by atoms with Crippen LogP contribution in [0.4, 0.5) is 5.82 Å². The molecule has 0 atom stereocenters. The van der Waals surface area contributed by atoms with Gasteiger partial charge in [-0.25, -0.2) is 4.98 Å². The summed E-state index contributed by atoms with van der Waals surface area (Å²) in [7, 11) is 0. The fraction of sp³-hybridized carbons (Fsp3) is 0.688. The number of rotatable bonds is 7. The highest BCUT2D eigenvalue weighted by Crippen LogP contribution is 2.31. The topological polar surface area (TPSA) is 28.2 Å². The lowest BCUT2D eigenvalue weighted by molar-refractivity contribution is 0.586. The number of hydrogen-bond acceptors (Lipinski definition) is 3. The Morgan fingerprint density at radius 2 is 2.05 bits per heavy atom. The van der Waals surface area contributed by atoms with Crippen LogP contribution >= 0.6 is 0 Å². The predicted molar refractivity (Wildman–Crippen MR) is 81.4 cm³/mol. The molecular weight excluding hydrogens is 234 g/mol. The molecule has 1 aromatic heterocycles. The average molecular weight is 261 g/mol. The molecule has 106 valence electrons. The minimum Gasteiger partial charge on any atom is -0.353 e. The lowest BCUT2D eigenvalue weighted by atomic mass is 10.2. The summed E-state index contributed by atoms with van der Waals surface area (Å²) < 4.78 is 0. The minimum atomic E-state index is 0.520. The van der Waals surface area contributed by atoms with Crippen LogP contribution in [0.3, 0.4) is 0 Å². The fourth-order valence-electron chi connectivity index (χ4n) is 2.26. The number of anilines is 1. The van der Waals surface area contributed by atoms with Crippen LogP contribution in [0.1, 0.15) is 46.1 Å². The Kier molecular flexibility index (Phi) is 4.81. The minimum absolute atomic E-state index is 0.520. The normalized spacial score (nSPS) is 15.3. The van der Waals surface area contributed by atoms with Crippen LogP contribution in [0.5, 0.6) is 0 Å². The number of nitrogens with zero attached hydrogens (tertiary/aromatic N) is 2. The van der Waals surface area contributed by atoms with E-state index in [0.717, 1.165) is 24.9 Å². The Hall–Kier alpha value is -1.09. The fourth-order valence-corrected chi connectivity index (χ4v) is 2.26. The van der Waals surface area contributed by atoms with Crippen molar-refractivity contribution >= 4 is 5.82 Å². The highest BCUT2D eigenvalue weighted by atomic mass is 15.2. The van der Waals surface area contributed by atoms with E-state index in [4.69, 9.17) is 0 Å². The summed E-state index contributed by atoms with van der Waals surface area (Å²) in [4.78, 5) is 7.07. The summed E-state index contributed by atoms with van der Waals surface area (Å²) in [5.74, 6) is 1.83. The molecule has 0 bridgehead atoms. The summed E-state index contributed by atoms with van der Waals surface area (Å²) in [5, 5.41) is 3.47. The maximum atomic E-state index is 4.58. The molecule has 1 saturated carbocycles. The highest BCUT2D eigenvalue weighted by Gasteiger charge is 2.30. The van der Waals surface area contributed by atoms with E-state index in [2.05, 4.69) is 55.0 Å². The van der Waals surface area contributed by atoms with E-state index >= 15 is 0 Å². The van der Waals surface area contributed by atoms with E-state index < -0.39 is 0 Å². The smallest absolute Gasteiger partial charge is 0.129 e. The first-order chi connectivity index (χ1) is 9.06. The van der Waals surface area contributed by atoms with Gasteiger partial charge in [-0.1, -0.05) is 27.7 Å². The molecule has 1 N–H and O–H groups in total. The third kappa shape index (κ3) is 4.50. The molecule has 1 aliphatic carbocycles. The summed E-state index contributed by atoms with van der Waals surface area (Å²) in [6.45, 7) is 10.9. The van der Waals surface area contributed by atoms with Crippen molar-refractivity contribution in [3.05, 3.63) is 23.9 Å². The third-order valence-electron chi connectivity index (χ3n) is 3.37. The first-order valence-corrected chi connectivity index (χ1v) is 7.51. The van der Waals surface area contributed by atoms with Crippen LogP contribution < -0.4 is 10.2 Å². The maximum absolute atomic E-state index is 4.58. The van der Waals surface area contributed by atoms with Crippen molar-refractivity contribution in [2.45, 2.75) is 59.2 Å². The van der Waals surface area contributed by atoms with E-state index in [1.54, 1.807) is 0 Å². The molecule has 1 heterocycles. The van der Waals surface area contributed by atoms with Crippen molar-refractivity contribution in [2.75, 3.05) is 11.4 Å². The Morgan fingerprint density at radius 1 is 1.32 bits per heavy atom. The lowest BCUT2D eigenvalue weighted by Gasteiger charge is -2.26. The predicted octanol–water partition coefficient (Wildman–Crippen LogP) is 3.20. The monoisotopic (exact) mass is 261 g/mol. The van der Waals surface area contributed by atoms with Crippen LogP contribution in [0.2, 0.25) is 0 Å². The van der Waals surface area contributed by atoms with Gasteiger partial charge in [0.25, 0.3) is 0 Å². The first kappa shape index (κ1) is 14.3. The summed E-state index contributed by atoms with van der Waals surface area (Å²) in [6.07, 6.45) is 4.59. The van der Waals surface area contributed by atoms with Crippen LogP contribution in [0.25, 0.3) is 0 Å². The zero-order valence-corrected chi connectivity index (χ0v) is 12.7. The zero-order chi connectivity index (χ0) is 13.8. The molecule has 0 aromatic carbocycles. The molecule has 1 aliphatic rings. The van der Waals surface area contributed by atoms with Crippen LogP contribution in [0, 0.1) is 5.92 Å². The largest absolute Gasteiger partial charge is 0.353 e. The highest BCUT2D eigenvalue weighted by molar-refractivity contribution is 5.43. The third-order valence-corrected chi connectivity index (χ3v) is 3.37. The van der Waals surface area contributed by atoms with Crippen LogP contribution in [-0.4, -0.2) is 23.6 Å². The summed E-state index contributed by atoms with van der Waals surface area (Å²) in [5.41, 5.74) is 1.33. The van der Waals surface area contributed by atoms with Crippen LogP contribution in [-0.2, 0) is 6.54 Å². The number of pyridine rings is 1. The van der Waals surface area contributed by atoms with Gasteiger partial charge < -0.3 is 10.2 Å².